The SMILES string of the molecule is CCC(C)CC(Cc1ccc(F)cc1F)NC. The largest absolute Gasteiger partial charge is 0.317 e. The monoisotopic (exact) mass is 241 g/mol. The molecule has 0 radical (unpaired) electrons. The molecule has 0 fully saturated rings. The summed E-state index contributed by atoms with van der Waals surface area (Å²) < 4.78 is 26.3. The smallest absolute Gasteiger partial charge is 0.129 e. The Kier molecular flexibility index (Phi) is 5.56. The topological polar surface area (TPSA) is 12.0 Å². The van der Waals surface area contributed by atoms with E-state index in [2.05, 4.69) is 19.2 Å². The van der Waals surface area contributed by atoms with Crippen LogP contribution >= 0.6 is 0 Å². The van der Waals surface area contributed by atoms with Gasteiger partial charge in [0.05, 0.1) is 0 Å². The van der Waals surface area contributed by atoms with Crippen molar-refractivity contribution in [3.63, 3.8) is 0 Å². The Balaban J connectivity index is 2.67. The fourth-order valence-electron chi connectivity index (χ4n) is 1.91. The van der Waals surface area contributed by atoms with Crippen molar-refractivity contribution in [3.8, 4) is 0 Å². The highest BCUT2D eigenvalue weighted by molar-refractivity contribution is 5.19. The predicted molar refractivity (Wildman–Crippen MR) is 67.0 cm³/mol. The minimum absolute atomic E-state index is 0.241. The van der Waals surface area contributed by atoms with Gasteiger partial charge in [0.15, 0.2) is 0 Å². The fraction of sp³-hybridized carbons (Fsp3) is 0.571. The molecule has 3 heteroatoms. The molecule has 0 aromatic heterocycles. The Morgan fingerprint density at radius 2 is 2.00 bits per heavy atom. The second-order valence-corrected chi connectivity index (χ2v) is 4.67. The molecule has 0 heterocycles. The highest BCUT2D eigenvalue weighted by Gasteiger charge is 2.13. The zero-order valence-electron chi connectivity index (χ0n) is 10.8. The molecule has 0 amide bonds. The molecule has 0 saturated heterocycles. The van der Waals surface area contributed by atoms with Crippen molar-refractivity contribution in [1.29, 1.82) is 0 Å². The van der Waals surface area contributed by atoms with Crippen LogP contribution in [0.1, 0.15) is 32.3 Å². The summed E-state index contributed by atoms with van der Waals surface area (Å²) in [6.45, 7) is 4.33. The number of rotatable bonds is 6. The van der Waals surface area contributed by atoms with Crippen molar-refractivity contribution in [1.82, 2.24) is 5.32 Å². The van der Waals surface area contributed by atoms with Gasteiger partial charge in [-0.3, -0.25) is 0 Å². The quantitative estimate of drug-likeness (QED) is 0.803. The molecule has 0 aliphatic rings. The van der Waals surface area contributed by atoms with Crippen molar-refractivity contribution in [2.45, 2.75) is 39.2 Å². The van der Waals surface area contributed by atoms with Gasteiger partial charge in [0.1, 0.15) is 11.6 Å². The Bertz CT molecular complexity index is 352. The number of hydrogen-bond acceptors (Lipinski definition) is 1. The van der Waals surface area contributed by atoms with E-state index in [1.807, 2.05) is 7.05 Å². The van der Waals surface area contributed by atoms with Gasteiger partial charge in [-0.1, -0.05) is 26.3 Å². The minimum Gasteiger partial charge on any atom is -0.317 e. The first-order chi connectivity index (χ1) is 8.06. The molecule has 17 heavy (non-hydrogen) atoms. The van der Waals surface area contributed by atoms with E-state index >= 15 is 0 Å². The maximum absolute atomic E-state index is 13.5. The third-order valence-electron chi connectivity index (χ3n) is 3.27. The number of hydrogen-bond donors (Lipinski definition) is 1. The summed E-state index contributed by atoms with van der Waals surface area (Å²) in [6, 6.07) is 4.04. The van der Waals surface area contributed by atoms with E-state index in [1.165, 1.54) is 12.1 Å². The van der Waals surface area contributed by atoms with Gasteiger partial charge in [-0.2, -0.15) is 0 Å². The van der Waals surface area contributed by atoms with Crippen LogP contribution in [0.3, 0.4) is 0 Å². The first-order valence-electron chi connectivity index (χ1n) is 6.18. The molecule has 2 atom stereocenters. The summed E-state index contributed by atoms with van der Waals surface area (Å²) in [5.41, 5.74) is 0.578. The molecular weight excluding hydrogens is 220 g/mol. The van der Waals surface area contributed by atoms with Gasteiger partial charge < -0.3 is 5.32 Å². The Hall–Kier alpha value is -0.960. The fourth-order valence-corrected chi connectivity index (χ4v) is 1.91. The number of halogens is 2. The summed E-state index contributed by atoms with van der Waals surface area (Å²) in [4.78, 5) is 0. The molecule has 0 bridgehead atoms. The summed E-state index contributed by atoms with van der Waals surface area (Å²) in [7, 11) is 1.88. The van der Waals surface area contributed by atoms with E-state index in [-0.39, 0.29) is 6.04 Å². The summed E-state index contributed by atoms with van der Waals surface area (Å²) in [5.74, 6) is -0.362. The molecule has 0 aliphatic carbocycles. The van der Waals surface area contributed by atoms with E-state index in [9.17, 15) is 8.78 Å². The van der Waals surface area contributed by atoms with E-state index in [0.29, 0.717) is 17.9 Å². The molecule has 1 aromatic carbocycles. The van der Waals surface area contributed by atoms with Crippen LogP contribution in [0.25, 0.3) is 0 Å². The normalized spacial score (nSPS) is 14.6. The highest BCUT2D eigenvalue weighted by Crippen LogP contribution is 2.16. The standard InChI is InChI=1S/C14H21F2N/c1-4-10(2)7-13(17-3)8-11-5-6-12(15)9-14(11)16/h5-6,9-10,13,17H,4,7-8H2,1-3H3. The van der Waals surface area contributed by atoms with E-state index < -0.39 is 11.6 Å². The number of nitrogens with one attached hydrogen (secondary N) is 1. The molecule has 0 spiro atoms. The van der Waals surface area contributed by atoms with Crippen molar-refractivity contribution < 1.29 is 8.78 Å². The lowest BCUT2D eigenvalue weighted by Gasteiger charge is -2.20. The second-order valence-electron chi connectivity index (χ2n) is 4.67. The lowest BCUT2D eigenvalue weighted by atomic mass is 9.94. The molecule has 1 N–H and O–H groups in total. The molecule has 2 unspecified atom stereocenters. The van der Waals surface area contributed by atoms with Gasteiger partial charge in [0, 0.05) is 12.1 Å². The van der Waals surface area contributed by atoms with Crippen LogP contribution in [0.15, 0.2) is 18.2 Å². The third-order valence-corrected chi connectivity index (χ3v) is 3.27. The van der Waals surface area contributed by atoms with Crippen LogP contribution in [0.5, 0.6) is 0 Å². The molecule has 0 saturated carbocycles. The number of likely N-dealkylation sites (N-methyl/N-ethyl adjacent to an activating group) is 1. The first kappa shape index (κ1) is 14.1. The summed E-state index contributed by atoms with van der Waals surface area (Å²) in [5, 5.41) is 3.20. The van der Waals surface area contributed by atoms with E-state index in [0.717, 1.165) is 18.9 Å². The van der Waals surface area contributed by atoms with Gasteiger partial charge in [-0.05, 0) is 37.4 Å². The van der Waals surface area contributed by atoms with Gasteiger partial charge in [0.25, 0.3) is 0 Å². The van der Waals surface area contributed by atoms with Crippen LogP contribution in [0.4, 0.5) is 8.78 Å². The van der Waals surface area contributed by atoms with E-state index in [1.54, 1.807) is 0 Å². The molecular formula is C14H21F2N. The van der Waals surface area contributed by atoms with Crippen LogP contribution in [0.2, 0.25) is 0 Å². The average Bonchev–Trinajstić information content (AvgIpc) is 2.31. The zero-order valence-corrected chi connectivity index (χ0v) is 10.8. The van der Waals surface area contributed by atoms with Crippen molar-refractivity contribution in [2.75, 3.05) is 7.05 Å². The second kappa shape index (κ2) is 6.70. The molecule has 1 rings (SSSR count). The van der Waals surface area contributed by atoms with Gasteiger partial charge in [-0.15, -0.1) is 0 Å². The van der Waals surface area contributed by atoms with Gasteiger partial charge in [0.2, 0.25) is 0 Å². The van der Waals surface area contributed by atoms with Crippen LogP contribution < -0.4 is 5.32 Å². The van der Waals surface area contributed by atoms with Gasteiger partial charge >= 0.3 is 0 Å². The lowest BCUT2D eigenvalue weighted by molar-refractivity contribution is 0.406. The molecule has 0 aliphatic heterocycles. The van der Waals surface area contributed by atoms with Crippen molar-refractivity contribution >= 4 is 0 Å². The lowest BCUT2D eigenvalue weighted by Crippen LogP contribution is -2.29. The van der Waals surface area contributed by atoms with Crippen LogP contribution in [-0.4, -0.2) is 13.1 Å². The Morgan fingerprint density at radius 3 is 2.53 bits per heavy atom. The van der Waals surface area contributed by atoms with Crippen LogP contribution in [-0.2, 0) is 6.42 Å². The van der Waals surface area contributed by atoms with Crippen molar-refractivity contribution in [2.24, 2.45) is 5.92 Å². The van der Waals surface area contributed by atoms with E-state index in [4.69, 9.17) is 0 Å². The minimum atomic E-state index is -0.519. The maximum Gasteiger partial charge on any atom is 0.129 e. The Morgan fingerprint density at radius 1 is 1.29 bits per heavy atom. The predicted octanol–water partition coefficient (Wildman–Crippen LogP) is 3.53. The summed E-state index contributed by atoms with van der Waals surface area (Å²) in [6.07, 6.45) is 2.72. The first-order valence-corrected chi connectivity index (χ1v) is 6.18. The van der Waals surface area contributed by atoms with Crippen LogP contribution in [0, 0.1) is 17.6 Å². The number of benzene rings is 1. The average molecular weight is 241 g/mol. The third kappa shape index (κ3) is 4.43. The zero-order chi connectivity index (χ0) is 12.8. The molecule has 1 aromatic rings. The highest BCUT2D eigenvalue weighted by atomic mass is 19.1. The van der Waals surface area contributed by atoms with Gasteiger partial charge in [-0.25, -0.2) is 8.78 Å². The molecule has 96 valence electrons. The van der Waals surface area contributed by atoms with Crippen molar-refractivity contribution in [3.05, 3.63) is 35.4 Å². The Labute approximate surface area is 102 Å². The maximum atomic E-state index is 13.5. The summed E-state index contributed by atoms with van der Waals surface area (Å²) >= 11 is 0. The molecule has 1 nitrogen and oxygen atoms in total.